The van der Waals surface area contributed by atoms with Gasteiger partial charge in [-0.2, -0.15) is 0 Å². The van der Waals surface area contributed by atoms with Gasteiger partial charge in [0, 0.05) is 0 Å². The number of hydrogen-bond donors (Lipinski definition) is 2. The monoisotopic (exact) mass is 221 g/mol. The average Bonchev–Trinajstić information content (AvgIpc) is 2.17. The van der Waals surface area contributed by atoms with Crippen molar-refractivity contribution >= 4 is 11.7 Å². The van der Waals surface area contributed by atoms with E-state index in [4.69, 9.17) is 15.6 Å². The highest BCUT2D eigenvalue weighted by atomic mass is 16.5. The largest absolute Gasteiger partial charge is 0.490 e. The van der Waals surface area contributed by atoms with E-state index in [0.717, 1.165) is 12.8 Å². The first-order chi connectivity index (χ1) is 7.68. The lowest BCUT2D eigenvalue weighted by atomic mass is 9.86. The van der Waals surface area contributed by atoms with Gasteiger partial charge in [-0.05, 0) is 30.9 Å². The van der Waals surface area contributed by atoms with Gasteiger partial charge in [-0.1, -0.05) is 12.5 Å². The molecule has 0 atom stereocenters. The highest BCUT2D eigenvalue weighted by Crippen LogP contribution is 2.31. The summed E-state index contributed by atoms with van der Waals surface area (Å²) >= 11 is 0. The highest BCUT2D eigenvalue weighted by Gasteiger charge is 2.20. The van der Waals surface area contributed by atoms with Crippen LogP contribution in [0.2, 0.25) is 0 Å². The van der Waals surface area contributed by atoms with Gasteiger partial charge in [0.1, 0.15) is 5.56 Å². The van der Waals surface area contributed by atoms with Gasteiger partial charge < -0.3 is 15.6 Å². The van der Waals surface area contributed by atoms with Gasteiger partial charge in [0.25, 0.3) is 0 Å². The average molecular weight is 221 g/mol. The Labute approximate surface area is 94.0 Å². The summed E-state index contributed by atoms with van der Waals surface area (Å²) in [6, 6.07) is 4.78. The Kier molecular flexibility index (Phi) is 2.99. The van der Waals surface area contributed by atoms with Crippen molar-refractivity contribution in [1.29, 1.82) is 0 Å². The summed E-state index contributed by atoms with van der Waals surface area (Å²) in [5, 5.41) is 8.99. The number of benzene rings is 1. The molecule has 0 heterocycles. The van der Waals surface area contributed by atoms with Crippen molar-refractivity contribution < 1.29 is 14.6 Å². The summed E-state index contributed by atoms with van der Waals surface area (Å²) in [5.41, 5.74) is 6.24. The molecule has 1 aliphatic carbocycles. The van der Waals surface area contributed by atoms with Gasteiger partial charge in [-0.25, -0.2) is 4.79 Å². The molecule has 1 saturated carbocycles. The lowest BCUT2D eigenvalue weighted by Gasteiger charge is -2.25. The van der Waals surface area contributed by atoms with Gasteiger partial charge >= 0.3 is 5.97 Å². The van der Waals surface area contributed by atoms with Crippen LogP contribution >= 0.6 is 0 Å². The van der Waals surface area contributed by atoms with Crippen molar-refractivity contribution in [1.82, 2.24) is 0 Å². The molecule has 1 fully saturated rings. The molecule has 16 heavy (non-hydrogen) atoms. The van der Waals surface area contributed by atoms with E-state index in [9.17, 15) is 4.79 Å². The number of carboxylic acids is 1. The second-order valence-electron chi connectivity index (χ2n) is 4.14. The van der Waals surface area contributed by atoms with Crippen molar-refractivity contribution in [3.63, 3.8) is 0 Å². The van der Waals surface area contributed by atoms with Crippen molar-refractivity contribution in [2.24, 2.45) is 5.92 Å². The van der Waals surface area contributed by atoms with Crippen molar-refractivity contribution in [3.8, 4) is 5.75 Å². The molecule has 0 bridgehead atoms. The van der Waals surface area contributed by atoms with Crippen LogP contribution in [0, 0.1) is 5.92 Å². The van der Waals surface area contributed by atoms with E-state index in [1.807, 2.05) is 0 Å². The number of para-hydroxylation sites is 1. The van der Waals surface area contributed by atoms with E-state index in [-0.39, 0.29) is 5.56 Å². The summed E-state index contributed by atoms with van der Waals surface area (Å²) in [6.45, 7) is 0.564. The Morgan fingerprint density at radius 3 is 2.81 bits per heavy atom. The number of hydrogen-bond acceptors (Lipinski definition) is 3. The fraction of sp³-hybridized carbons (Fsp3) is 0.417. The number of aromatic carboxylic acids is 1. The summed E-state index contributed by atoms with van der Waals surface area (Å²) in [7, 11) is 0. The lowest BCUT2D eigenvalue weighted by molar-refractivity contribution is 0.0690. The number of anilines is 1. The number of ether oxygens (including phenoxy) is 1. The zero-order valence-electron chi connectivity index (χ0n) is 8.98. The van der Waals surface area contributed by atoms with E-state index in [1.165, 1.54) is 12.5 Å². The van der Waals surface area contributed by atoms with E-state index < -0.39 is 5.97 Å². The topological polar surface area (TPSA) is 72.6 Å². The summed E-state index contributed by atoms with van der Waals surface area (Å²) in [5.74, 6) is -0.140. The van der Waals surface area contributed by atoms with Crippen LogP contribution < -0.4 is 10.5 Å². The minimum atomic E-state index is -1.00. The Bertz CT molecular complexity index is 399. The van der Waals surface area contributed by atoms with Crippen LogP contribution in [0.5, 0.6) is 5.75 Å². The third-order valence-corrected chi connectivity index (χ3v) is 2.96. The van der Waals surface area contributed by atoms with Crippen LogP contribution in [0.15, 0.2) is 18.2 Å². The number of carbonyl (C=O) groups is 1. The SMILES string of the molecule is Nc1cccc(C(=O)O)c1OCC1CCC1. The zero-order chi connectivity index (χ0) is 11.5. The molecule has 0 amide bonds. The highest BCUT2D eigenvalue weighted by molar-refractivity contribution is 5.93. The maximum Gasteiger partial charge on any atom is 0.339 e. The minimum Gasteiger partial charge on any atom is -0.490 e. The molecule has 0 radical (unpaired) electrons. The molecular weight excluding hydrogens is 206 g/mol. The fourth-order valence-electron chi connectivity index (χ4n) is 1.75. The van der Waals surface area contributed by atoms with Crippen LogP contribution in [0.25, 0.3) is 0 Å². The van der Waals surface area contributed by atoms with Crippen LogP contribution in [0.1, 0.15) is 29.6 Å². The Hall–Kier alpha value is -1.71. The summed E-state index contributed by atoms with van der Waals surface area (Å²) in [4.78, 5) is 11.0. The van der Waals surface area contributed by atoms with Crippen molar-refractivity contribution in [2.45, 2.75) is 19.3 Å². The number of nitrogens with two attached hydrogens (primary N) is 1. The van der Waals surface area contributed by atoms with Crippen LogP contribution in [0.4, 0.5) is 5.69 Å². The third kappa shape index (κ3) is 2.10. The molecule has 3 N–H and O–H groups in total. The second kappa shape index (κ2) is 4.43. The van der Waals surface area contributed by atoms with Gasteiger partial charge in [0.15, 0.2) is 5.75 Å². The second-order valence-corrected chi connectivity index (χ2v) is 4.14. The predicted octanol–water partition coefficient (Wildman–Crippen LogP) is 2.15. The van der Waals surface area contributed by atoms with Gasteiger partial charge in [0.05, 0.1) is 12.3 Å². The van der Waals surface area contributed by atoms with Crippen molar-refractivity contribution in [3.05, 3.63) is 23.8 Å². The maximum atomic E-state index is 11.0. The predicted molar refractivity (Wildman–Crippen MR) is 60.6 cm³/mol. The number of carboxylic acid groups (broad SMARTS) is 1. The standard InChI is InChI=1S/C12H15NO3/c13-10-6-2-5-9(12(14)15)11(10)16-7-8-3-1-4-8/h2,5-6,8H,1,3-4,7,13H2,(H,14,15). The van der Waals surface area contributed by atoms with Gasteiger partial charge in [-0.15, -0.1) is 0 Å². The summed E-state index contributed by atoms with van der Waals surface area (Å²) in [6.07, 6.45) is 3.56. The smallest absolute Gasteiger partial charge is 0.339 e. The van der Waals surface area contributed by atoms with E-state index >= 15 is 0 Å². The van der Waals surface area contributed by atoms with E-state index in [0.29, 0.717) is 24.0 Å². The molecular formula is C12H15NO3. The Balaban J connectivity index is 2.13. The Morgan fingerprint density at radius 2 is 2.25 bits per heavy atom. The molecule has 2 rings (SSSR count). The van der Waals surface area contributed by atoms with E-state index in [1.54, 1.807) is 12.1 Å². The maximum absolute atomic E-state index is 11.0. The Morgan fingerprint density at radius 1 is 1.50 bits per heavy atom. The fourth-order valence-corrected chi connectivity index (χ4v) is 1.75. The first-order valence-corrected chi connectivity index (χ1v) is 5.43. The first-order valence-electron chi connectivity index (χ1n) is 5.43. The number of nitrogen functional groups attached to an aromatic ring is 1. The molecule has 1 aromatic carbocycles. The number of rotatable bonds is 4. The third-order valence-electron chi connectivity index (χ3n) is 2.96. The van der Waals surface area contributed by atoms with E-state index in [2.05, 4.69) is 0 Å². The van der Waals surface area contributed by atoms with Gasteiger partial charge in [-0.3, -0.25) is 0 Å². The van der Waals surface area contributed by atoms with Crippen molar-refractivity contribution in [2.75, 3.05) is 12.3 Å². The molecule has 0 saturated heterocycles. The van der Waals surface area contributed by atoms with Gasteiger partial charge in [0.2, 0.25) is 0 Å². The first kappa shape index (κ1) is 10.8. The molecule has 86 valence electrons. The molecule has 0 spiro atoms. The van der Waals surface area contributed by atoms with Crippen LogP contribution in [0.3, 0.4) is 0 Å². The molecule has 4 heteroatoms. The van der Waals surface area contributed by atoms with Crippen LogP contribution in [-0.4, -0.2) is 17.7 Å². The molecule has 1 aromatic rings. The molecule has 1 aliphatic rings. The minimum absolute atomic E-state index is 0.138. The summed E-state index contributed by atoms with van der Waals surface area (Å²) < 4.78 is 5.53. The zero-order valence-corrected chi connectivity index (χ0v) is 8.98. The molecule has 0 aliphatic heterocycles. The lowest BCUT2D eigenvalue weighted by Crippen LogP contribution is -2.20. The van der Waals surface area contributed by atoms with Crippen LogP contribution in [-0.2, 0) is 0 Å². The quantitative estimate of drug-likeness (QED) is 0.764. The molecule has 0 unspecified atom stereocenters. The normalized spacial score (nSPS) is 15.5. The molecule has 4 nitrogen and oxygen atoms in total. The molecule has 0 aromatic heterocycles.